The van der Waals surface area contributed by atoms with Crippen LogP contribution in [0.5, 0.6) is 0 Å². The van der Waals surface area contributed by atoms with E-state index in [9.17, 15) is 0 Å². The third-order valence-electron chi connectivity index (χ3n) is 9.83. The lowest BCUT2D eigenvalue weighted by Gasteiger charge is -2.54. The van der Waals surface area contributed by atoms with E-state index in [4.69, 9.17) is 4.74 Å². The van der Waals surface area contributed by atoms with Crippen molar-refractivity contribution in [2.24, 2.45) is 11.3 Å². The quantitative estimate of drug-likeness (QED) is 0.601. The first kappa shape index (κ1) is 20.1. The number of rotatable bonds is 2. The molecular weight excluding hydrogens is 406 g/mol. The summed E-state index contributed by atoms with van der Waals surface area (Å²) in [6.45, 7) is 2.49. The fraction of sp³-hybridized carbons (Fsp3) is 0.517. The van der Waals surface area contributed by atoms with E-state index in [-0.39, 0.29) is 16.6 Å². The summed E-state index contributed by atoms with van der Waals surface area (Å²) in [6, 6.07) is 7.40. The second-order valence-corrected chi connectivity index (χ2v) is 11.5. The molecule has 5 aliphatic rings. The van der Waals surface area contributed by atoms with Crippen LogP contribution in [0.3, 0.4) is 0 Å². The van der Waals surface area contributed by atoms with Crippen LogP contribution >= 0.6 is 0 Å². The van der Waals surface area contributed by atoms with Gasteiger partial charge in [-0.25, -0.2) is 0 Å². The number of hydrogen-bond acceptors (Lipinski definition) is 4. The molecule has 1 aromatic carbocycles. The fourth-order valence-corrected chi connectivity index (χ4v) is 8.01. The smallest absolute Gasteiger partial charge is 0.0980 e. The van der Waals surface area contributed by atoms with Gasteiger partial charge in [-0.15, -0.1) is 0 Å². The first-order chi connectivity index (χ1) is 15.9. The van der Waals surface area contributed by atoms with E-state index in [1.54, 1.807) is 5.57 Å². The highest BCUT2D eigenvalue weighted by molar-refractivity contribution is 5.86. The predicted molar refractivity (Wildman–Crippen MR) is 132 cm³/mol. The summed E-state index contributed by atoms with van der Waals surface area (Å²) in [5, 5.41) is 10.5. The fourth-order valence-electron chi connectivity index (χ4n) is 8.01. The zero-order valence-electron chi connectivity index (χ0n) is 20.0. The molecule has 7 rings (SSSR count). The minimum Gasteiger partial charge on any atom is -0.359 e. The van der Waals surface area contributed by atoms with Gasteiger partial charge in [0.05, 0.1) is 23.6 Å². The van der Waals surface area contributed by atoms with Gasteiger partial charge in [0.1, 0.15) is 0 Å². The summed E-state index contributed by atoms with van der Waals surface area (Å²) in [5.74, 6) is 0.503. The molecule has 0 N–H and O–H groups in total. The number of allylic oxidation sites excluding steroid dienone is 3. The van der Waals surface area contributed by atoms with Gasteiger partial charge < -0.3 is 9.64 Å². The van der Waals surface area contributed by atoms with Crippen molar-refractivity contribution in [3.63, 3.8) is 0 Å². The molecule has 3 heterocycles. The molecule has 5 unspecified atom stereocenters. The molecule has 0 radical (unpaired) electrons. The van der Waals surface area contributed by atoms with Crippen LogP contribution in [0.2, 0.25) is 0 Å². The maximum Gasteiger partial charge on any atom is 0.0980 e. The molecule has 1 aromatic heterocycles. The third-order valence-corrected chi connectivity index (χ3v) is 9.83. The van der Waals surface area contributed by atoms with Crippen molar-refractivity contribution in [1.29, 1.82) is 0 Å². The normalized spacial score (nSPS) is 39.0. The summed E-state index contributed by atoms with van der Waals surface area (Å²) in [6.07, 6.45) is 19.5. The van der Waals surface area contributed by atoms with Crippen LogP contribution in [0.4, 0.5) is 0 Å². The highest BCUT2D eigenvalue weighted by Gasteiger charge is 2.65. The van der Waals surface area contributed by atoms with Gasteiger partial charge in [0.15, 0.2) is 0 Å². The summed E-state index contributed by atoms with van der Waals surface area (Å²) in [4.78, 5) is 2.41. The Morgan fingerprint density at radius 3 is 2.76 bits per heavy atom. The largest absolute Gasteiger partial charge is 0.359 e. The Hall–Kier alpha value is -2.30. The predicted octanol–water partition coefficient (Wildman–Crippen LogP) is 5.71. The highest BCUT2D eigenvalue weighted by Crippen LogP contribution is 2.67. The van der Waals surface area contributed by atoms with E-state index < -0.39 is 0 Å². The average molecular weight is 440 g/mol. The van der Waals surface area contributed by atoms with Crippen LogP contribution < -0.4 is 0 Å². The third kappa shape index (κ3) is 2.60. The lowest BCUT2D eigenvalue weighted by atomic mass is 9.58. The van der Waals surface area contributed by atoms with Crippen molar-refractivity contribution in [2.75, 3.05) is 14.1 Å². The number of benzene rings is 1. The van der Waals surface area contributed by atoms with Crippen LogP contribution in [0.15, 0.2) is 60.0 Å². The minimum atomic E-state index is -0.120. The summed E-state index contributed by atoms with van der Waals surface area (Å²) >= 11 is 0. The number of ether oxygens (including phenoxy) is 1. The molecule has 2 aliphatic heterocycles. The van der Waals surface area contributed by atoms with Gasteiger partial charge in [0.2, 0.25) is 0 Å². The molecule has 170 valence electrons. The van der Waals surface area contributed by atoms with Gasteiger partial charge in [0.25, 0.3) is 0 Å². The second kappa shape index (κ2) is 6.64. The number of aromatic nitrogens is 2. The summed E-state index contributed by atoms with van der Waals surface area (Å²) < 4.78 is 7.38. The van der Waals surface area contributed by atoms with E-state index in [0.717, 1.165) is 31.1 Å². The summed E-state index contributed by atoms with van der Waals surface area (Å²) in [5.41, 5.74) is 5.83. The van der Waals surface area contributed by atoms with Crippen LogP contribution in [0, 0.1) is 11.3 Å². The molecular formula is C29H33N3O. The number of nitrogens with zero attached hydrogens (tertiary/aromatic N) is 3. The van der Waals surface area contributed by atoms with E-state index in [1.165, 1.54) is 41.4 Å². The Morgan fingerprint density at radius 2 is 1.91 bits per heavy atom. The maximum absolute atomic E-state index is 7.38. The highest BCUT2D eigenvalue weighted by atomic mass is 16.5. The molecule has 33 heavy (non-hydrogen) atoms. The topological polar surface area (TPSA) is 38.2 Å². The summed E-state index contributed by atoms with van der Waals surface area (Å²) in [7, 11) is 4.46. The monoisotopic (exact) mass is 439 g/mol. The van der Waals surface area contributed by atoms with Gasteiger partial charge in [-0.2, -0.15) is 10.2 Å². The molecule has 2 bridgehead atoms. The first-order valence-corrected chi connectivity index (χ1v) is 12.6. The van der Waals surface area contributed by atoms with Crippen LogP contribution in [0.1, 0.15) is 57.4 Å². The van der Waals surface area contributed by atoms with Crippen LogP contribution in [0.25, 0.3) is 16.3 Å². The molecule has 5 atom stereocenters. The molecule has 0 amide bonds. The minimum absolute atomic E-state index is 0.0346. The van der Waals surface area contributed by atoms with Gasteiger partial charge >= 0.3 is 0 Å². The van der Waals surface area contributed by atoms with Crippen molar-refractivity contribution in [3.05, 3.63) is 65.5 Å². The van der Waals surface area contributed by atoms with Crippen molar-refractivity contribution < 1.29 is 4.74 Å². The van der Waals surface area contributed by atoms with E-state index >= 15 is 0 Å². The van der Waals surface area contributed by atoms with Crippen LogP contribution in [-0.2, 0) is 4.74 Å². The van der Waals surface area contributed by atoms with Crippen molar-refractivity contribution in [2.45, 2.75) is 69.1 Å². The Labute approximate surface area is 196 Å². The zero-order valence-corrected chi connectivity index (χ0v) is 20.0. The van der Waals surface area contributed by atoms with Gasteiger partial charge in [-0.3, -0.25) is 0 Å². The Kier molecular flexibility index (Phi) is 4.05. The molecule has 1 saturated carbocycles. The van der Waals surface area contributed by atoms with Crippen molar-refractivity contribution in [3.8, 4) is 0 Å². The molecule has 2 aromatic rings. The molecule has 2 fully saturated rings. The Bertz CT molecular complexity index is 1260. The Morgan fingerprint density at radius 1 is 1.06 bits per heavy atom. The van der Waals surface area contributed by atoms with Gasteiger partial charge in [-0.05, 0) is 87.4 Å². The lowest BCUT2D eigenvalue weighted by Crippen LogP contribution is -2.54. The first-order valence-electron chi connectivity index (χ1n) is 12.6. The number of hydrogen-bond donors (Lipinski definition) is 0. The van der Waals surface area contributed by atoms with Crippen molar-refractivity contribution in [1.82, 2.24) is 15.1 Å². The SMILES string of the molecule is CN(C)C1CCC2=CC3=CCC4(C)C(c5ccc6cnncc6c5)=CCC4C34CCC2(C1)O4. The van der Waals surface area contributed by atoms with Crippen LogP contribution in [-0.4, -0.2) is 46.4 Å². The van der Waals surface area contributed by atoms with E-state index in [1.807, 2.05) is 12.4 Å². The molecule has 4 nitrogen and oxygen atoms in total. The standard InChI is InChI=1S/C29H33N3O/c1-27-11-10-23-15-22-6-7-24(32(2)3)16-28(22)12-13-29(23,33-28)26(27)9-8-25(27)19-4-5-20-17-30-31-18-21(20)14-19/h4-5,8,10,14-15,17-18,24,26H,6-7,9,11-13,16H2,1-3H3. The molecule has 4 heteroatoms. The zero-order chi connectivity index (χ0) is 22.4. The van der Waals surface area contributed by atoms with Crippen molar-refractivity contribution >= 4 is 16.3 Å². The second-order valence-electron chi connectivity index (χ2n) is 11.5. The van der Waals surface area contributed by atoms with Gasteiger partial charge in [-0.1, -0.05) is 37.3 Å². The van der Waals surface area contributed by atoms with E-state index in [2.05, 4.69) is 72.5 Å². The molecule has 1 saturated heterocycles. The lowest BCUT2D eigenvalue weighted by molar-refractivity contribution is -0.134. The molecule has 2 spiro atoms. The Balaban J connectivity index is 1.28. The number of fused-ring (bicyclic) bond motifs is 2. The maximum atomic E-state index is 7.38. The van der Waals surface area contributed by atoms with E-state index in [0.29, 0.717) is 12.0 Å². The van der Waals surface area contributed by atoms with Gasteiger partial charge in [0, 0.05) is 28.1 Å². The average Bonchev–Trinajstić information content (AvgIpc) is 3.33. The molecule has 3 aliphatic carbocycles.